The fraction of sp³-hybridized carbons (Fsp3) is 0. The molecule has 1 heterocycles. The molecule has 0 saturated heterocycles. The van der Waals surface area contributed by atoms with Crippen molar-refractivity contribution in [2.75, 3.05) is 0 Å². The number of benzene rings is 11. The molecular formula is C56H34S. The van der Waals surface area contributed by atoms with Crippen LogP contribution in [0.3, 0.4) is 0 Å². The van der Waals surface area contributed by atoms with E-state index in [9.17, 15) is 0 Å². The Morgan fingerprint density at radius 3 is 1.28 bits per heavy atom. The Bertz CT molecular complexity index is 3460. The van der Waals surface area contributed by atoms with E-state index in [2.05, 4.69) is 206 Å². The van der Waals surface area contributed by atoms with E-state index < -0.39 is 0 Å². The van der Waals surface area contributed by atoms with Crippen LogP contribution in [-0.4, -0.2) is 0 Å². The second-order valence-corrected chi connectivity index (χ2v) is 16.2. The zero-order valence-corrected chi connectivity index (χ0v) is 31.9. The Morgan fingerprint density at radius 1 is 0.246 bits per heavy atom. The van der Waals surface area contributed by atoms with Gasteiger partial charge in [-0.2, -0.15) is 0 Å². The molecule has 0 amide bonds. The average Bonchev–Trinajstić information content (AvgIpc) is 3.66. The van der Waals surface area contributed by atoms with Crippen molar-refractivity contribution < 1.29 is 0 Å². The van der Waals surface area contributed by atoms with E-state index in [-0.39, 0.29) is 0 Å². The van der Waals surface area contributed by atoms with Crippen LogP contribution in [0.25, 0.3) is 119 Å². The number of thiophene rings is 1. The topological polar surface area (TPSA) is 0 Å². The van der Waals surface area contributed by atoms with E-state index in [1.165, 1.54) is 119 Å². The largest absolute Gasteiger partial charge is 0.135 e. The summed E-state index contributed by atoms with van der Waals surface area (Å²) in [4.78, 5) is 0. The molecule has 0 bridgehead atoms. The molecule has 0 radical (unpaired) electrons. The molecule has 0 aliphatic rings. The van der Waals surface area contributed by atoms with Gasteiger partial charge in [0, 0.05) is 20.2 Å². The van der Waals surface area contributed by atoms with Gasteiger partial charge in [0.15, 0.2) is 0 Å². The summed E-state index contributed by atoms with van der Waals surface area (Å²) < 4.78 is 2.61. The summed E-state index contributed by atoms with van der Waals surface area (Å²) in [5.41, 5.74) is 10.2. The number of hydrogen-bond acceptors (Lipinski definition) is 1. The van der Waals surface area contributed by atoms with Gasteiger partial charge in [0.05, 0.1) is 0 Å². The minimum atomic E-state index is 1.24. The van der Waals surface area contributed by atoms with Gasteiger partial charge in [-0.1, -0.05) is 182 Å². The summed E-state index contributed by atoms with van der Waals surface area (Å²) in [6.07, 6.45) is 0. The summed E-state index contributed by atoms with van der Waals surface area (Å²) in [5.74, 6) is 0. The number of rotatable bonds is 4. The van der Waals surface area contributed by atoms with Gasteiger partial charge in [-0.25, -0.2) is 0 Å². The molecule has 57 heavy (non-hydrogen) atoms. The molecule has 0 unspecified atom stereocenters. The maximum Gasteiger partial charge on any atom is 0.0361 e. The van der Waals surface area contributed by atoms with Gasteiger partial charge in [-0.05, 0) is 123 Å². The molecule has 0 nitrogen and oxygen atoms in total. The highest BCUT2D eigenvalue weighted by molar-refractivity contribution is 7.26. The van der Waals surface area contributed by atoms with Gasteiger partial charge in [-0.3, -0.25) is 0 Å². The predicted molar refractivity (Wildman–Crippen MR) is 249 cm³/mol. The zero-order chi connectivity index (χ0) is 37.5. The zero-order valence-electron chi connectivity index (χ0n) is 31.0. The molecule has 11 aromatic carbocycles. The monoisotopic (exact) mass is 738 g/mol. The second kappa shape index (κ2) is 12.7. The van der Waals surface area contributed by atoms with E-state index in [0.717, 1.165) is 0 Å². The van der Waals surface area contributed by atoms with Gasteiger partial charge in [0.1, 0.15) is 0 Å². The van der Waals surface area contributed by atoms with Crippen LogP contribution in [0.4, 0.5) is 0 Å². The summed E-state index contributed by atoms with van der Waals surface area (Å²) in [7, 11) is 0. The van der Waals surface area contributed by atoms with Crippen molar-refractivity contribution in [3.8, 4) is 44.5 Å². The van der Waals surface area contributed by atoms with E-state index in [4.69, 9.17) is 0 Å². The molecule has 12 rings (SSSR count). The number of fused-ring (bicyclic) bond motifs is 8. The van der Waals surface area contributed by atoms with Gasteiger partial charge in [0.2, 0.25) is 0 Å². The Morgan fingerprint density at radius 2 is 0.702 bits per heavy atom. The van der Waals surface area contributed by atoms with Crippen LogP contribution in [0.2, 0.25) is 0 Å². The minimum absolute atomic E-state index is 1.24. The highest BCUT2D eigenvalue weighted by Gasteiger charge is 2.21. The fourth-order valence-corrected chi connectivity index (χ4v) is 10.7. The molecule has 0 fully saturated rings. The lowest BCUT2D eigenvalue weighted by Crippen LogP contribution is -1.91. The molecule has 12 aromatic rings. The van der Waals surface area contributed by atoms with Crippen molar-refractivity contribution in [3.63, 3.8) is 0 Å². The first-order valence-electron chi connectivity index (χ1n) is 19.7. The average molecular weight is 739 g/mol. The van der Waals surface area contributed by atoms with E-state index in [0.29, 0.717) is 0 Å². The van der Waals surface area contributed by atoms with E-state index >= 15 is 0 Å². The maximum atomic E-state index is 2.47. The third-order valence-electron chi connectivity index (χ3n) is 12.0. The number of hydrogen-bond donors (Lipinski definition) is 0. The molecule has 0 aliphatic carbocycles. The van der Waals surface area contributed by atoms with Crippen LogP contribution in [0, 0.1) is 0 Å². The Labute approximate surface area is 334 Å². The van der Waals surface area contributed by atoms with Crippen LogP contribution in [-0.2, 0) is 0 Å². The van der Waals surface area contributed by atoms with Gasteiger partial charge in [0.25, 0.3) is 0 Å². The second-order valence-electron chi connectivity index (χ2n) is 15.1. The molecular weight excluding hydrogens is 705 g/mol. The first-order chi connectivity index (χ1) is 28.3. The standard InChI is InChI=1S/C56H34S/c1-2-16-36(17-3-1)52-40-19-6-8-21-42(40)54(43-22-9-7-20-41(43)52)39-31-32-50-49(34-39)56-48(27-14-28-51(56)57-50)55-46-25-12-10-23-44(46)53(45-24-11-13-26-47(45)55)38-30-29-35-15-4-5-18-37(35)33-38/h1-34H. The van der Waals surface area contributed by atoms with Crippen LogP contribution in [0.15, 0.2) is 206 Å². The van der Waals surface area contributed by atoms with Crippen molar-refractivity contribution in [2.45, 2.75) is 0 Å². The summed E-state index contributed by atoms with van der Waals surface area (Å²) in [6, 6.07) is 76.5. The Balaban J connectivity index is 1.15. The highest BCUT2D eigenvalue weighted by atomic mass is 32.1. The maximum absolute atomic E-state index is 2.47. The molecule has 0 aliphatic heterocycles. The SMILES string of the molecule is c1ccc(-c2c3ccccc3c(-c3ccc4sc5cccc(-c6c7ccccc7c(-c7ccc8ccccc8c7)c7ccccc67)c5c4c3)c3ccccc23)cc1. The Hall–Kier alpha value is -7.06. The highest BCUT2D eigenvalue weighted by Crippen LogP contribution is 2.50. The van der Waals surface area contributed by atoms with Crippen LogP contribution >= 0.6 is 11.3 Å². The summed E-state index contributed by atoms with van der Waals surface area (Å²) in [5, 5.41) is 15.3. The van der Waals surface area contributed by atoms with Crippen molar-refractivity contribution in [1.29, 1.82) is 0 Å². The molecule has 0 spiro atoms. The van der Waals surface area contributed by atoms with Gasteiger partial charge < -0.3 is 0 Å². The van der Waals surface area contributed by atoms with Crippen LogP contribution in [0.1, 0.15) is 0 Å². The molecule has 0 N–H and O–H groups in total. The minimum Gasteiger partial charge on any atom is -0.135 e. The summed E-state index contributed by atoms with van der Waals surface area (Å²) in [6.45, 7) is 0. The lowest BCUT2D eigenvalue weighted by molar-refractivity contribution is 1.66. The third-order valence-corrected chi connectivity index (χ3v) is 13.2. The van der Waals surface area contributed by atoms with Gasteiger partial charge in [-0.15, -0.1) is 11.3 Å². The molecule has 1 heteroatoms. The first kappa shape index (κ1) is 32.2. The molecule has 0 saturated carbocycles. The van der Waals surface area contributed by atoms with Crippen LogP contribution < -0.4 is 0 Å². The smallest absolute Gasteiger partial charge is 0.0361 e. The lowest BCUT2D eigenvalue weighted by atomic mass is 9.84. The predicted octanol–water partition coefficient (Wildman–Crippen LogP) is 16.5. The van der Waals surface area contributed by atoms with Crippen molar-refractivity contribution >= 4 is 85.4 Å². The molecule has 1 aromatic heterocycles. The third kappa shape index (κ3) is 4.93. The fourth-order valence-electron chi connectivity index (χ4n) is 9.62. The first-order valence-corrected chi connectivity index (χ1v) is 20.5. The van der Waals surface area contributed by atoms with Gasteiger partial charge >= 0.3 is 0 Å². The lowest BCUT2D eigenvalue weighted by Gasteiger charge is -2.19. The van der Waals surface area contributed by atoms with Crippen molar-refractivity contribution in [2.24, 2.45) is 0 Å². The van der Waals surface area contributed by atoms with Crippen LogP contribution in [0.5, 0.6) is 0 Å². The summed E-state index contributed by atoms with van der Waals surface area (Å²) >= 11 is 1.89. The molecule has 264 valence electrons. The van der Waals surface area contributed by atoms with E-state index in [1.54, 1.807) is 0 Å². The Kier molecular flexibility index (Phi) is 7.20. The normalized spacial score (nSPS) is 11.9. The quantitative estimate of drug-likeness (QED) is 0.158. The van der Waals surface area contributed by atoms with Crippen molar-refractivity contribution in [1.82, 2.24) is 0 Å². The molecule has 0 atom stereocenters. The van der Waals surface area contributed by atoms with E-state index in [1.807, 2.05) is 11.3 Å². The van der Waals surface area contributed by atoms with Crippen molar-refractivity contribution in [3.05, 3.63) is 206 Å².